The van der Waals surface area contributed by atoms with Gasteiger partial charge < -0.3 is 4.74 Å². The van der Waals surface area contributed by atoms with Gasteiger partial charge in [-0.05, 0) is 35.0 Å². The molecule has 6 heteroatoms. The van der Waals surface area contributed by atoms with Gasteiger partial charge in [-0.1, -0.05) is 17.7 Å². The molecule has 0 heterocycles. The number of benzene rings is 2. The zero-order valence-corrected chi connectivity index (χ0v) is 12.9. The van der Waals surface area contributed by atoms with Crippen LogP contribution in [0.3, 0.4) is 0 Å². The average Bonchev–Trinajstić information content (AvgIpc) is 2.42. The minimum absolute atomic E-state index is 0.0252. The molecule has 2 aromatic carbocycles. The van der Waals surface area contributed by atoms with Gasteiger partial charge in [0.05, 0.1) is 21.3 Å². The Morgan fingerprint density at radius 2 is 2.00 bits per heavy atom. The minimum atomic E-state index is -0.461. The van der Waals surface area contributed by atoms with E-state index in [1.54, 1.807) is 12.1 Å². The first kappa shape index (κ1) is 14.8. The summed E-state index contributed by atoms with van der Waals surface area (Å²) < 4.78 is 6.38. The lowest BCUT2D eigenvalue weighted by Gasteiger charge is -2.11. The number of rotatable bonds is 4. The van der Waals surface area contributed by atoms with Crippen molar-refractivity contribution in [1.29, 1.82) is 0 Å². The fraction of sp³-hybridized carbons (Fsp3) is 0.143. The van der Waals surface area contributed by atoms with Gasteiger partial charge in [0.15, 0.2) is 0 Å². The molecule has 0 N–H and O–H groups in total. The molecule has 0 fully saturated rings. The van der Waals surface area contributed by atoms with E-state index in [9.17, 15) is 10.1 Å². The van der Waals surface area contributed by atoms with E-state index < -0.39 is 4.92 Å². The maximum Gasteiger partial charge on any atom is 0.273 e. The van der Waals surface area contributed by atoms with Crippen molar-refractivity contribution in [2.24, 2.45) is 0 Å². The maximum absolute atomic E-state index is 10.8. The average molecular weight is 357 g/mol. The molecular formula is C14H11BrClNO3. The Balaban J connectivity index is 2.39. The number of non-ortho nitro benzene ring substituents is 1. The second kappa shape index (κ2) is 6.24. The summed E-state index contributed by atoms with van der Waals surface area (Å²) in [6.45, 7) is 1.96. The molecule has 0 spiro atoms. The van der Waals surface area contributed by atoms with Crippen LogP contribution in [0.15, 0.2) is 40.9 Å². The van der Waals surface area contributed by atoms with Crippen molar-refractivity contribution in [3.8, 4) is 11.5 Å². The number of hydrogen-bond donors (Lipinski definition) is 0. The lowest BCUT2D eigenvalue weighted by atomic mass is 10.1. The molecule has 0 bridgehead atoms. The second-order valence-electron chi connectivity index (χ2n) is 4.22. The summed E-state index contributed by atoms with van der Waals surface area (Å²) in [5, 5.41) is 10.8. The summed E-state index contributed by atoms with van der Waals surface area (Å²) in [4.78, 5) is 10.3. The fourth-order valence-corrected chi connectivity index (χ4v) is 2.25. The first-order valence-corrected chi connectivity index (χ1v) is 7.11. The molecule has 104 valence electrons. The molecule has 4 nitrogen and oxygen atoms in total. The highest BCUT2D eigenvalue weighted by atomic mass is 79.9. The molecule has 0 saturated heterocycles. The molecule has 0 aliphatic carbocycles. The third-order valence-electron chi connectivity index (χ3n) is 2.71. The molecule has 0 aliphatic rings. The number of halogens is 2. The van der Waals surface area contributed by atoms with Crippen molar-refractivity contribution in [1.82, 2.24) is 0 Å². The van der Waals surface area contributed by atoms with E-state index in [2.05, 4.69) is 15.9 Å². The highest BCUT2D eigenvalue weighted by Gasteiger charge is 2.13. The topological polar surface area (TPSA) is 52.4 Å². The summed E-state index contributed by atoms with van der Waals surface area (Å²) in [7, 11) is 0. The molecule has 0 amide bonds. The summed E-state index contributed by atoms with van der Waals surface area (Å²) in [5.41, 5.74) is 1.89. The number of alkyl halides is 1. The van der Waals surface area contributed by atoms with E-state index in [4.69, 9.17) is 16.3 Å². The van der Waals surface area contributed by atoms with Gasteiger partial charge in [0, 0.05) is 11.6 Å². The van der Waals surface area contributed by atoms with E-state index >= 15 is 0 Å². The van der Waals surface area contributed by atoms with Gasteiger partial charge in [0.25, 0.3) is 5.69 Å². The van der Waals surface area contributed by atoms with Crippen molar-refractivity contribution in [2.75, 3.05) is 0 Å². The van der Waals surface area contributed by atoms with Crippen LogP contribution in [-0.2, 0) is 5.88 Å². The minimum Gasteiger partial charge on any atom is -0.456 e. The smallest absolute Gasteiger partial charge is 0.273 e. The number of ether oxygens (including phenoxy) is 1. The molecule has 0 atom stereocenters. The molecule has 0 radical (unpaired) electrons. The Labute approximate surface area is 129 Å². The van der Waals surface area contributed by atoms with E-state index in [1.807, 2.05) is 19.1 Å². The Bertz CT molecular complexity index is 661. The normalized spacial score (nSPS) is 10.3. The number of hydrogen-bond acceptors (Lipinski definition) is 3. The molecular weight excluding hydrogens is 346 g/mol. The van der Waals surface area contributed by atoms with E-state index in [0.717, 1.165) is 11.1 Å². The zero-order valence-electron chi connectivity index (χ0n) is 10.6. The summed E-state index contributed by atoms with van der Waals surface area (Å²) in [5.74, 6) is 1.28. The van der Waals surface area contributed by atoms with Crippen LogP contribution in [0.4, 0.5) is 5.69 Å². The van der Waals surface area contributed by atoms with Crippen LogP contribution in [0.1, 0.15) is 11.1 Å². The van der Waals surface area contributed by atoms with Crippen LogP contribution in [0.2, 0.25) is 0 Å². The predicted octanol–water partition coefficient (Wildman–Crippen LogP) is 5.20. The lowest BCUT2D eigenvalue weighted by Crippen LogP contribution is -1.93. The predicted molar refractivity (Wildman–Crippen MR) is 81.6 cm³/mol. The summed E-state index contributed by atoms with van der Waals surface area (Å²) >= 11 is 9.21. The number of nitro groups is 1. The van der Waals surface area contributed by atoms with Crippen LogP contribution >= 0.6 is 27.5 Å². The first-order valence-electron chi connectivity index (χ1n) is 5.78. The van der Waals surface area contributed by atoms with Gasteiger partial charge >= 0.3 is 0 Å². The Morgan fingerprint density at radius 3 is 2.65 bits per heavy atom. The Hall–Kier alpha value is -1.59. The molecule has 2 rings (SSSR count). The van der Waals surface area contributed by atoms with Gasteiger partial charge in [-0.15, -0.1) is 11.6 Å². The van der Waals surface area contributed by atoms with Gasteiger partial charge in [0.1, 0.15) is 11.5 Å². The van der Waals surface area contributed by atoms with Crippen molar-refractivity contribution < 1.29 is 9.66 Å². The van der Waals surface area contributed by atoms with Crippen molar-refractivity contribution in [2.45, 2.75) is 12.8 Å². The zero-order chi connectivity index (χ0) is 14.7. The largest absolute Gasteiger partial charge is 0.456 e. The first-order chi connectivity index (χ1) is 9.51. The molecule has 0 unspecified atom stereocenters. The summed E-state index contributed by atoms with van der Waals surface area (Å²) in [6.07, 6.45) is 0. The summed E-state index contributed by atoms with van der Waals surface area (Å²) in [6, 6.07) is 10.0. The maximum atomic E-state index is 10.8. The third kappa shape index (κ3) is 3.29. The molecule has 0 aliphatic heterocycles. The van der Waals surface area contributed by atoms with Crippen molar-refractivity contribution >= 4 is 33.2 Å². The molecule has 2 aromatic rings. The van der Waals surface area contributed by atoms with Gasteiger partial charge in [-0.25, -0.2) is 0 Å². The van der Waals surface area contributed by atoms with Crippen LogP contribution in [0, 0.1) is 17.0 Å². The highest BCUT2D eigenvalue weighted by Crippen LogP contribution is 2.35. The third-order valence-corrected chi connectivity index (χ3v) is 3.65. The van der Waals surface area contributed by atoms with Crippen LogP contribution in [0.25, 0.3) is 0 Å². The fourth-order valence-electron chi connectivity index (χ4n) is 1.71. The van der Waals surface area contributed by atoms with E-state index in [0.29, 0.717) is 21.9 Å². The standard InChI is InChI=1S/C14H11BrClNO3/c1-9-2-5-13(10(6-9)8-16)20-14-7-11(17(18)19)3-4-12(14)15/h2-7H,8H2,1H3. The van der Waals surface area contributed by atoms with Crippen LogP contribution < -0.4 is 4.74 Å². The monoisotopic (exact) mass is 355 g/mol. The molecule has 0 saturated carbocycles. The van der Waals surface area contributed by atoms with Crippen molar-refractivity contribution in [3.05, 3.63) is 62.1 Å². The van der Waals surface area contributed by atoms with Gasteiger partial charge in [-0.3, -0.25) is 10.1 Å². The van der Waals surface area contributed by atoms with Gasteiger partial charge in [0.2, 0.25) is 0 Å². The van der Waals surface area contributed by atoms with Crippen LogP contribution in [-0.4, -0.2) is 4.92 Å². The van der Waals surface area contributed by atoms with E-state index in [-0.39, 0.29) is 5.69 Å². The number of nitro benzene ring substituents is 1. The molecule has 20 heavy (non-hydrogen) atoms. The van der Waals surface area contributed by atoms with Gasteiger partial charge in [-0.2, -0.15) is 0 Å². The van der Waals surface area contributed by atoms with Crippen LogP contribution in [0.5, 0.6) is 11.5 Å². The quantitative estimate of drug-likeness (QED) is 0.430. The number of aryl methyl sites for hydroxylation is 1. The lowest BCUT2D eigenvalue weighted by molar-refractivity contribution is -0.384. The second-order valence-corrected chi connectivity index (χ2v) is 5.34. The highest BCUT2D eigenvalue weighted by molar-refractivity contribution is 9.10. The Kier molecular flexibility index (Phi) is 4.62. The Morgan fingerprint density at radius 1 is 1.25 bits per heavy atom. The molecule has 0 aromatic heterocycles. The number of nitrogens with zero attached hydrogens (tertiary/aromatic N) is 1. The SMILES string of the molecule is Cc1ccc(Oc2cc([N+](=O)[O-])ccc2Br)c(CCl)c1. The van der Waals surface area contributed by atoms with E-state index in [1.165, 1.54) is 12.1 Å². The van der Waals surface area contributed by atoms with Crippen molar-refractivity contribution in [3.63, 3.8) is 0 Å².